The summed E-state index contributed by atoms with van der Waals surface area (Å²) in [6.07, 6.45) is 0.0735. The highest BCUT2D eigenvalue weighted by molar-refractivity contribution is 7.89. The van der Waals surface area contributed by atoms with Crippen LogP contribution in [0.25, 0.3) is 0 Å². The summed E-state index contributed by atoms with van der Waals surface area (Å²) in [6, 6.07) is 9.92. The van der Waals surface area contributed by atoms with Crippen molar-refractivity contribution in [2.45, 2.75) is 24.3 Å². The maximum Gasteiger partial charge on any atom is 0.340 e. The summed E-state index contributed by atoms with van der Waals surface area (Å²) < 4.78 is 31.2. The van der Waals surface area contributed by atoms with Crippen LogP contribution in [0.3, 0.4) is 0 Å². The number of hydrogen-bond acceptors (Lipinski definition) is 6. The van der Waals surface area contributed by atoms with Crippen LogP contribution in [0.5, 0.6) is 0 Å². The third-order valence-electron chi connectivity index (χ3n) is 4.69. The molecule has 0 aliphatic carbocycles. The fourth-order valence-electron chi connectivity index (χ4n) is 3.19. The molecule has 1 unspecified atom stereocenters. The van der Waals surface area contributed by atoms with Crippen LogP contribution in [-0.4, -0.2) is 45.9 Å². The van der Waals surface area contributed by atoms with Gasteiger partial charge in [-0.1, -0.05) is 23.7 Å². The van der Waals surface area contributed by atoms with Crippen molar-refractivity contribution in [2.75, 3.05) is 23.9 Å². The topological polar surface area (TPSA) is 122 Å². The molecule has 3 rings (SSSR count). The minimum atomic E-state index is -3.80. The van der Waals surface area contributed by atoms with Crippen LogP contribution >= 0.6 is 11.6 Å². The second kappa shape index (κ2) is 9.04. The first-order valence-corrected chi connectivity index (χ1v) is 11.1. The average Bonchev–Trinajstić information content (AvgIpc) is 2.86. The van der Waals surface area contributed by atoms with Crippen LogP contribution in [0.1, 0.15) is 23.7 Å². The number of nitrogens with zero attached hydrogens (tertiary/aromatic N) is 1. The molecule has 164 valence electrons. The second-order valence-corrected chi connectivity index (χ2v) is 9.10. The molecule has 0 spiro atoms. The molecule has 0 saturated heterocycles. The number of hydrogen-bond donors (Lipinski definition) is 2. The largest absolute Gasteiger partial charge is 0.452 e. The highest BCUT2D eigenvalue weighted by atomic mass is 35.5. The molecule has 0 bridgehead atoms. The number of halogens is 1. The number of fused-ring (bicyclic) bond motifs is 1. The predicted molar refractivity (Wildman–Crippen MR) is 115 cm³/mol. The zero-order valence-electron chi connectivity index (χ0n) is 16.7. The zero-order valence-corrected chi connectivity index (χ0v) is 18.3. The number of carbonyl (C=O) groups is 3. The molecular weight excluding hydrogens is 446 g/mol. The van der Waals surface area contributed by atoms with Gasteiger partial charge in [0, 0.05) is 12.5 Å². The third kappa shape index (κ3) is 4.87. The fourth-order valence-corrected chi connectivity index (χ4v) is 4.14. The number of benzene rings is 2. The number of nitrogens with one attached hydrogen (secondary N) is 2. The molecule has 0 fully saturated rings. The van der Waals surface area contributed by atoms with Crippen LogP contribution in [0.15, 0.2) is 47.4 Å². The number of para-hydroxylation sites is 2. The van der Waals surface area contributed by atoms with E-state index in [4.69, 9.17) is 16.3 Å². The first kappa shape index (κ1) is 22.7. The molecule has 1 aliphatic rings. The molecule has 0 aromatic heterocycles. The van der Waals surface area contributed by atoms with Gasteiger partial charge in [-0.05, 0) is 44.3 Å². The van der Waals surface area contributed by atoms with Gasteiger partial charge >= 0.3 is 5.97 Å². The standard InChI is InChI=1S/C20H20ClN3O6S/c1-12-9-18(25)23-16-5-3-4-6-17(16)24(12)19(26)11-30-20(27)14-10-13(7-8-15(14)21)31(28,29)22-2/h3-8,10,12,22H,9,11H2,1-2H3,(H,23,25). The van der Waals surface area contributed by atoms with Gasteiger partial charge in [0.05, 0.1) is 26.9 Å². The molecule has 1 aliphatic heterocycles. The summed E-state index contributed by atoms with van der Waals surface area (Å²) in [5.41, 5.74) is 0.776. The lowest BCUT2D eigenvalue weighted by Gasteiger charge is -2.27. The quantitative estimate of drug-likeness (QED) is 0.652. The van der Waals surface area contributed by atoms with E-state index in [1.807, 2.05) is 0 Å². The van der Waals surface area contributed by atoms with Gasteiger partial charge in [-0.25, -0.2) is 17.9 Å². The van der Waals surface area contributed by atoms with E-state index in [2.05, 4.69) is 10.0 Å². The van der Waals surface area contributed by atoms with E-state index in [1.165, 1.54) is 24.1 Å². The van der Waals surface area contributed by atoms with E-state index in [9.17, 15) is 22.8 Å². The number of sulfonamides is 1. The molecule has 11 heteroatoms. The van der Waals surface area contributed by atoms with Gasteiger partial charge in [0.2, 0.25) is 15.9 Å². The van der Waals surface area contributed by atoms with Crippen LogP contribution in [0.4, 0.5) is 11.4 Å². The Morgan fingerprint density at radius 3 is 2.68 bits per heavy atom. The van der Waals surface area contributed by atoms with Crippen LogP contribution < -0.4 is 14.9 Å². The van der Waals surface area contributed by atoms with Crippen LogP contribution in [0.2, 0.25) is 5.02 Å². The molecule has 2 amide bonds. The van der Waals surface area contributed by atoms with Crippen molar-refractivity contribution in [1.29, 1.82) is 0 Å². The molecule has 2 N–H and O–H groups in total. The van der Waals surface area contributed by atoms with E-state index < -0.39 is 34.5 Å². The van der Waals surface area contributed by atoms with Gasteiger partial charge < -0.3 is 15.0 Å². The Labute approximate surface area is 184 Å². The Morgan fingerprint density at radius 2 is 1.97 bits per heavy atom. The molecule has 1 atom stereocenters. The Kier molecular flexibility index (Phi) is 6.63. The lowest BCUT2D eigenvalue weighted by molar-refractivity contribution is -0.122. The SMILES string of the molecule is CNS(=O)(=O)c1ccc(Cl)c(C(=O)OCC(=O)N2c3ccccc3NC(=O)CC2C)c1. The molecule has 0 radical (unpaired) electrons. The Hall–Kier alpha value is -2.95. The maximum atomic E-state index is 12.9. The van der Waals surface area contributed by atoms with Gasteiger partial charge in [-0.15, -0.1) is 0 Å². The summed E-state index contributed by atoms with van der Waals surface area (Å²) in [4.78, 5) is 38.7. The summed E-state index contributed by atoms with van der Waals surface area (Å²) in [7, 11) is -2.56. The Bertz CT molecular complexity index is 1150. The number of amides is 2. The fraction of sp³-hybridized carbons (Fsp3) is 0.250. The van der Waals surface area contributed by atoms with Crippen molar-refractivity contribution in [3.05, 3.63) is 53.1 Å². The van der Waals surface area contributed by atoms with Crippen molar-refractivity contribution in [1.82, 2.24) is 4.72 Å². The molecule has 2 aromatic carbocycles. The van der Waals surface area contributed by atoms with Crippen molar-refractivity contribution in [2.24, 2.45) is 0 Å². The lowest BCUT2D eigenvalue weighted by Crippen LogP contribution is -2.41. The first-order chi connectivity index (χ1) is 14.6. The van der Waals surface area contributed by atoms with Gasteiger partial charge in [-0.2, -0.15) is 0 Å². The van der Waals surface area contributed by atoms with E-state index in [1.54, 1.807) is 31.2 Å². The van der Waals surface area contributed by atoms with Gasteiger partial charge in [0.1, 0.15) is 0 Å². The lowest BCUT2D eigenvalue weighted by atomic mass is 10.1. The van der Waals surface area contributed by atoms with Crippen molar-refractivity contribution in [3.8, 4) is 0 Å². The molecule has 9 nitrogen and oxygen atoms in total. The average molecular weight is 466 g/mol. The normalized spacial score (nSPS) is 16.2. The summed E-state index contributed by atoms with van der Waals surface area (Å²) >= 11 is 6.02. The third-order valence-corrected chi connectivity index (χ3v) is 6.43. The molecule has 0 saturated carbocycles. The Balaban J connectivity index is 1.80. The van der Waals surface area contributed by atoms with Crippen molar-refractivity contribution >= 4 is 50.8 Å². The number of carbonyl (C=O) groups excluding carboxylic acids is 3. The highest BCUT2D eigenvalue weighted by Crippen LogP contribution is 2.31. The number of esters is 1. The van der Waals surface area contributed by atoms with Crippen molar-refractivity contribution in [3.63, 3.8) is 0 Å². The minimum Gasteiger partial charge on any atom is -0.452 e. The number of rotatable bonds is 5. The van der Waals surface area contributed by atoms with E-state index in [0.717, 1.165) is 6.07 Å². The monoisotopic (exact) mass is 465 g/mol. The maximum absolute atomic E-state index is 12.9. The van der Waals surface area contributed by atoms with Gasteiger partial charge in [0.15, 0.2) is 6.61 Å². The Morgan fingerprint density at radius 1 is 1.26 bits per heavy atom. The minimum absolute atomic E-state index is 0.0178. The van der Waals surface area contributed by atoms with Gasteiger partial charge in [-0.3, -0.25) is 9.59 Å². The van der Waals surface area contributed by atoms with E-state index >= 15 is 0 Å². The van der Waals surface area contributed by atoms with Crippen LogP contribution in [0, 0.1) is 0 Å². The second-order valence-electron chi connectivity index (χ2n) is 6.81. The smallest absolute Gasteiger partial charge is 0.340 e. The number of ether oxygens (including phenoxy) is 1. The molecule has 31 heavy (non-hydrogen) atoms. The summed E-state index contributed by atoms with van der Waals surface area (Å²) in [5, 5.41) is 2.72. The summed E-state index contributed by atoms with van der Waals surface area (Å²) in [6.45, 7) is 1.09. The van der Waals surface area contributed by atoms with Gasteiger partial charge in [0.25, 0.3) is 5.91 Å². The highest BCUT2D eigenvalue weighted by Gasteiger charge is 2.30. The van der Waals surface area contributed by atoms with E-state index in [-0.39, 0.29) is 27.8 Å². The van der Waals surface area contributed by atoms with Crippen molar-refractivity contribution < 1.29 is 27.5 Å². The molecule has 1 heterocycles. The molecule has 2 aromatic rings. The van der Waals surface area contributed by atoms with Crippen LogP contribution in [-0.2, 0) is 24.3 Å². The summed E-state index contributed by atoms with van der Waals surface area (Å²) in [5.74, 6) is -1.72. The number of anilines is 2. The predicted octanol–water partition coefficient (Wildman–Crippen LogP) is 2.17. The first-order valence-electron chi connectivity index (χ1n) is 9.25. The van der Waals surface area contributed by atoms with E-state index in [0.29, 0.717) is 11.4 Å². The molecular formula is C20H20ClN3O6S. The zero-order chi connectivity index (χ0) is 22.8.